The second kappa shape index (κ2) is 12.1. The fourth-order valence-corrected chi connectivity index (χ4v) is 4.11. The zero-order chi connectivity index (χ0) is 29.7. The van der Waals surface area contributed by atoms with E-state index in [1.807, 2.05) is 24.1 Å². The average molecular weight is 563 g/mol. The molecule has 2 aromatic carbocycles. The summed E-state index contributed by atoms with van der Waals surface area (Å²) >= 11 is 0. The molecule has 0 fully saturated rings. The van der Waals surface area contributed by atoms with Crippen LogP contribution in [0.4, 0.5) is 0 Å². The van der Waals surface area contributed by atoms with E-state index in [1.54, 1.807) is 25.1 Å². The number of likely N-dealkylation sites (N-methyl/N-ethyl adjacent to an activating group) is 1. The molecule has 2 aromatic rings. The van der Waals surface area contributed by atoms with Crippen molar-refractivity contribution < 1.29 is 28.7 Å². The van der Waals surface area contributed by atoms with Crippen LogP contribution in [0, 0.1) is 21.4 Å². The number of carbonyl (C=O) groups is 2. The maximum atomic E-state index is 12.4. The SMILES string of the molecule is CCOC(=O)CC1=NC(Oc2cccc(C3=NCCN3C)c2)N(N)C(Oc2cc(C#N)ccc2C(N)=O)=C1[N+](=O)[O-]. The van der Waals surface area contributed by atoms with Gasteiger partial charge in [0.25, 0.3) is 18.1 Å². The van der Waals surface area contributed by atoms with Crippen LogP contribution in [0.2, 0.25) is 0 Å². The van der Waals surface area contributed by atoms with Crippen LogP contribution in [0.3, 0.4) is 0 Å². The molecule has 0 saturated heterocycles. The van der Waals surface area contributed by atoms with Gasteiger partial charge in [-0.25, -0.2) is 15.8 Å². The Labute approximate surface area is 234 Å². The number of nitrogens with zero attached hydrogens (tertiary/aromatic N) is 6. The molecule has 0 aliphatic carbocycles. The first-order valence-corrected chi connectivity index (χ1v) is 12.3. The molecule has 212 valence electrons. The van der Waals surface area contributed by atoms with E-state index in [2.05, 4.69) is 9.98 Å². The number of primary amides is 1. The highest BCUT2D eigenvalue weighted by Gasteiger charge is 2.41. The van der Waals surface area contributed by atoms with Gasteiger partial charge in [-0.3, -0.25) is 24.7 Å². The van der Waals surface area contributed by atoms with Gasteiger partial charge < -0.3 is 24.8 Å². The fraction of sp³-hybridized carbons (Fsp3) is 0.269. The third-order valence-electron chi connectivity index (χ3n) is 5.99. The largest absolute Gasteiger partial charge is 0.466 e. The van der Waals surface area contributed by atoms with Crippen LogP contribution >= 0.6 is 0 Å². The van der Waals surface area contributed by atoms with Gasteiger partial charge in [0.15, 0.2) is 0 Å². The minimum Gasteiger partial charge on any atom is -0.466 e. The number of aliphatic imine (C=N–C) groups is 2. The molecule has 1 atom stereocenters. The zero-order valence-electron chi connectivity index (χ0n) is 22.1. The predicted molar refractivity (Wildman–Crippen MR) is 144 cm³/mol. The van der Waals surface area contributed by atoms with Crippen LogP contribution in [0.15, 0.2) is 64.0 Å². The van der Waals surface area contributed by atoms with E-state index in [1.165, 1.54) is 18.2 Å². The number of amides is 1. The molecular formula is C26H26N8O7. The average Bonchev–Trinajstić information content (AvgIpc) is 3.36. The van der Waals surface area contributed by atoms with Gasteiger partial charge in [0, 0.05) is 19.2 Å². The van der Waals surface area contributed by atoms with Crippen molar-refractivity contribution in [2.24, 2.45) is 21.6 Å². The summed E-state index contributed by atoms with van der Waals surface area (Å²) in [6, 6.07) is 12.5. The number of hydrazine groups is 1. The Morgan fingerprint density at radius 2 is 2.05 bits per heavy atom. The van der Waals surface area contributed by atoms with Crippen LogP contribution in [-0.2, 0) is 9.53 Å². The first kappa shape index (κ1) is 28.5. The van der Waals surface area contributed by atoms with Crippen molar-refractivity contribution in [1.29, 1.82) is 5.26 Å². The standard InChI is InChI=1S/C26H26N8O7/c1-3-39-21(35)13-19-22(34(37)38)25(41-20-11-15(14-27)7-8-18(20)23(28)36)33(29)26(31-19)40-17-6-4-5-16(12-17)24-30-9-10-32(24)2/h4-8,11-12,26H,3,9-10,13,29H2,1-2H3,(H2,28,36). The Balaban J connectivity index is 1.77. The van der Waals surface area contributed by atoms with Gasteiger partial charge in [-0.2, -0.15) is 5.26 Å². The van der Waals surface area contributed by atoms with Gasteiger partial charge in [0.2, 0.25) is 0 Å². The lowest BCUT2D eigenvalue weighted by atomic mass is 10.1. The second-order valence-corrected chi connectivity index (χ2v) is 8.76. The predicted octanol–water partition coefficient (Wildman–Crippen LogP) is 1.12. The monoisotopic (exact) mass is 562 g/mol. The van der Waals surface area contributed by atoms with E-state index in [4.69, 9.17) is 25.8 Å². The maximum Gasteiger partial charge on any atom is 0.352 e. The Morgan fingerprint density at radius 3 is 2.68 bits per heavy atom. The van der Waals surface area contributed by atoms with Crippen molar-refractivity contribution in [3.63, 3.8) is 0 Å². The number of hydrogen-bond donors (Lipinski definition) is 2. The van der Waals surface area contributed by atoms with Gasteiger partial charge in [-0.15, -0.1) is 0 Å². The smallest absolute Gasteiger partial charge is 0.352 e. The molecule has 1 amide bonds. The number of nitro groups is 1. The van der Waals surface area contributed by atoms with Crippen LogP contribution in [0.5, 0.6) is 11.5 Å². The number of hydrogen-bond acceptors (Lipinski definition) is 13. The van der Waals surface area contributed by atoms with Crippen LogP contribution in [0.1, 0.15) is 34.8 Å². The molecular weight excluding hydrogens is 536 g/mol. The van der Waals surface area contributed by atoms with Crippen molar-refractivity contribution in [1.82, 2.24) is 9.91 Å². The second-order valence-electron chi connectivity index (χ2n) is 8.76. The summed E-state index contributed by atoms with van der Waals surface area (Å²) in [5, 5.41) is 22.3. The van der Waals surface area contributed by atoms with E-state index < -0.39 is 41.2 Å². The fourth-order valence-electron chi connectivity index (χ4n) is 4.11. The molecule has 15 heteroatoms. The highest BCUT2D eigenvalue weighted by atomic mass is 16.6. The van der Waals surface area contributed by atoms with Gasteiger partial charge in [-0.1, -0.05) is 12.1 Å². The molecule has 15 nitrogen and oxygen atoms in total. The lowest BCUT2D eigenvalue weighted by Gasteiger charge is -2.31. The van der Waals surface area contributed by atoms with Gasteiger partial charge in [0.05, 0.1) is 41.7 Å². The Bertz CT molecular complexity index is 1530. The minimum absolute atomic E-state index is 0.0317. The summed E-state index contributed by atoms with van der Waals surface area (Å²) in [5.74, 6) is 4.72. The lowest BCUT2D eigenvalue weighted by Crippen LogP contribution is -2.49. The molecule has 0 aromatic heterocycles. The molecule has 2 heterocycles. The molecule has 0 spiro atoms. The highest BCUT2D eigenvalue weighted by molar-refractivity contribution is 6.08. The quantitative estimate of drug-likeness (QED) is 0.181. The topological polar surface area (TPSA) is 212 Å². The van der Waals surface area contributed by atoms with E-state index in [0.717, 1.165) is 23.0 Å². The molecule has 4 N–H and O–H groups in total. The number of allylic oxidation sites excluding steroid dienone is 1. The van der Waals surface area contributed by atoms with Crippen molar-refractivity contribution in [3.8, 4) is 17.6 Å². The maximum absolute atomic E-state index is 12.4. The van der Waals surface area contributed by atoms with E-state index in [9.17, 15) is 25.0 Å². The number of benzene rings is 2. The summed E-state index contributed by atoms with van der Waals surface area (Å²) < 4.78 is 16.7. The number of nitriles is 1. The van der Waals surface area contributed by atoms with Crippen LogP contribution < -0.4 is 21.1 Å². The first-order chi connectivity index (χ1) is 19.6. The summed E-state index contributed by atoms with van der Waals surface area (Å²) in [6.45, 7) is 3.02. The number of esters is 1. The number of amidine groups is 1. The summed E-state index contributed by atoms with van der Waals surface area (Å²) in [6.07, 6.45) is -2.06. The van der Waals surface area contributed by atoms with E-state index in [0.29, 0.717) is 12.3 Å². The molecule has 4 rings (SSSR count). The van der Waals surface area contributed by atoms with Crippen LogP contribution in [-0.4, -0.2) is 71.4 Å². The number of carbonyl (C=O) groups excluding carboxylic acids is 2. The van der Waals surface area contributed by atoms with Gasteiger partial charge in [-0.05, 0) is 37.3 Å². The van der Waals surface area contributed by atoms with E-state index >= 15 is 0 Å². The Morgan fingerprint density at radius 1 is 1.27 bits per heavy atom. The summed E-state index contributed by atoms with van der Waals surface area (Å²) in [7, 11) is 1.91. The third kappa shape index (κ3) is 6.23. The zero-order valence-corrected chi connectivity index (χ0v) is 22.1. The molecule has 2 aliphatic heterocycles. The van der Waals surface area contributed by atoms with Gasteiger partial charge in [0.1, 0.15) is 23.0 Å². The lowest BCUT2D eigenvalue weighted by molar-refractivity contribution is -0.420. The number of rotatable bonds is 10. The normalized spacial score (nSPS) is 16.5. The molecule has 1 unspecified atom stereocenters. The van der Waals surface area contributed by atoms with Crippen molar-refractivity contribution in [3.05, 3.63) is 80.8 Å². The minimum atomic E-state index is -1.45. The van der Waals surface area contributed by atoms with Crippen LogP contribution in [0.25, 0.3) is 0 Å². The van der Waals surface area contributed by atoms with Crippen molar-refractivity contribution in [2.45, 2.75) is 19.7 Å². The molecule has 41 heavy (non-hydrogen) atoms. The van der Waals surface area contributed by atoms with Crippen molar-refractivity contribution in [2.75, 3.05) is 26.7 Å². The molecule has 2 aliphatic rings. The molecule has 0 bridgehead atoms. The Kier molecular flexibility index (Phi) is 8.44. The van der Waals surface area contributed by atoms with Gasteiger partial charge >= 0.3 is 11.7 Å². The first-order valence-electron chi connectivity index (χ1n) is 12.3. The number of nitrogens with two attached hydrogens (primary N) is 2. The summed E-state index contributed by atoms with van der Waals surface area (Å²) in [5.41, 5.74) is 5.01. The Hall–Kier alpha value is -5.49. The highest BCUT2D eigenvalue weighted by Crippen LogP contribution is 2.30. The van der Waals surface area contributed by atoms with E-state index in [-0.39, 0.29) is 29.2 Å². The van der Waals surface area contributed by atoms with Crippen molar-refractivity contribution >= 4 is 23.4 Å². The summed E-state index contributed by atoms with van der Waals surface area (Å²) in [4.78, 5) is 46.5. The molecule has 0 radical (unpaired) electrons. The number of ether oxygens (including phenoxy) is 3. The third-order valence-corrected chi connectivity index (χ3v) is 5.99. The molecule has 0 saturated carbocycles.